The van der Waals surface area contributed by atoms with Crippen LogP contribution in [0.2, 0.25) is 0 Å². The quantitative estimate of drug-likeness (QED) is 0.747. The van der Waals surface area contributed by atoms with Crippen LogP contribution >= 0.6 is 0 Å². The Labute approximate surface area is 153 Å². The van der Waals surface area contributed by atoms with Crippen molar-refractivity contribution in [2.75, 3.05) is 17.3 Å². The number of aromatic nitrogens is 2. The smallest absolute Gasteiger partial charge is 0.229 e. The van der Waals surface area contributed by atoms with E-state index in [-0.39, 0.29) is 0 Å². The number of hydrogen-bond acceptors (Lipinski definition) is 5. The number of nitrogens with zero attached hydrogens (tertiary/aromatic N) is 3. The standard InChI is InChI=1S/C21H22N4O/c1-14-12-20(25-15(2)13-16-8-4-6-10-18(16)25)24-21(22-14)23-17-9-5-7-11-19(17)26-3/h4-12,15H,13H2,1-3H3,(H,22,23,24). The fourth-order valence-electron chi connectivity index (χ4n) is 3.51. The van der Waals surface area contributed by atoms with E-state index < -0.39 is 0 Å². The first-order chi connectivity index (χ1) is 12.7. The molecule has 2 heterocycles. The normalized spacial score (nSPS) is 15.7. The van der Waals surface area contributed by atoms with Crippen molar-refractivity contribution in [3.63, 3.8) is 0 Å². The Balaban J connectivity index is 1.71. The maximum atomic E-state index is 5.41. The van der Waals surface area contributed by atoms with Crippen LogP contribution in [0.25, 0.3) is 0 Å². The number of methoxy groups -OCH3 is 1. The van der Waals surface area contributed by atoms with Gasteiger partial charge in [-0.1, -0.05) is 30.3 Å². The number of fused-ring (bicyclic) bond motifs is 1. The first-order valence-electron chi connectivity index (χ1n) is 8.78. The molecule has 132 valence electrons. The summed E-state index contributed by atoms with van der Waals surface area (Å²) >= 11 is 0. The Bertz CT molecular complexity index is 941. The molecule has 5 nitrogen and oxygen atoms in total. The summed E-state index contributed by atoms with van der Waals surface area (Å²) in [6, 6.07) is 18.7. The molecule has 5 heteroatoms. The van der Waals surface area contributed by atoms with Crippen LogP contribution < -0.4 is 15.0 Å². The molecule has 3 aromatic rings. The van der Waals surface area contributed by atoms with Crippen LogP contribution in [0.1, 0.15) is 18.2 Å². The third-order valence-corrected chi connectivity index (χ3v) is 4.65. The van der Waals surface area contributed by atoms with Crippen molar-refractivity contribution in [1.82, 2.24) is 9.97 Å². The van der Waals surface area contributed by atoms with Crippen LogP contribution in [0.4, 0.5) is 23.1 Å². The largest absolute Gasteiger partial charge is 0.495 e. The van der Waals surface area contributed by atoms with Crippen LogP contribution in [0, 0.1) is 6.92 Å². The van der Waals surface area contributed by atoms with Gasteiger partial charge in [0.2, 0.25) is 5.95 Å². The van der Waals surface area contributed by atoms with Gasteiger partial charge in [0, 0.05) is 23.5 Å². The molecule has 1 N–H and O–H groups in total. The van der Waals surface area contributed by atoms with Crippen molar-refractivity contribution in [2.45, 2.75) is 26.3 Å². The molecule has 0 saturated heterocycles. The molecule has 4 rings (SSSR count). The third kappa shape index (κ3) is 2.96. The highest BCUT2D eigenvalue weighted by molar-refractivity contribution is 5.70. The Kier molecular flexibility index (Phi) is 4.21. The minimum absolute atomic E-state index is 0.362. The van der Waals surface area contributed by atoms with Crippen molar-refractivity contribution in [3.05, 3.63) is 65.9 Å². The summed E-state index contributed by atoms with van der Waals surface area (Å²) < 4.78 is 5.41. The number of para-hydroxylation sites is 3. The van der Waals surface area contributed by atoms with E-state index in [0.29, 0.717) is 12.0 Å². The van der Waals surface area contributed by atoms with E-state index in [0.717, 1.165) is 29.4 Å². The molecule has 0 fully saturated rings. The van der Waals surface area contributed by atoms with Gasteiger partial charge in [-0.25, -0.2) is 4.98 Å². The first kappa shape index (κ1) is 16.4. The zero-order valence-electron chi connectivity index (χ0n) is 15.2. The molecule has 0 bridgehead atoms. The average Bonchev–Trinajstić information content (AvgIpc) is 2.97. The lowest BCUT2D eigenvalue weighted by Crippen LogP contribution is -2.25. The van der Waals surface area contributed by atoms with E-state index in [1.807, 2.05) is 37.3 Å². The van der Waals surface area contributed by atoms with E-state index in [9.17, 15) is 0 Å². The summed E-state index contributed by atoms with van der Waals surface area (Å²) in [6.07, 6.45) is 1.02. The van der Waals surface area contributed by atoms with Gasteiger partial charge in [0.05, 0.1) is 12.8 Å². The highest BCUT2D eigenvalue weighted by Crippen LogP contribution is 2.38. The number of rotatable bonds is 4. The second-order valence-corrected chi connectivity index (χ2v) is 6.57. The van der Waals surface area contributed by atoms with Gasteiger partial charge in [-0.05, 0) is 44.0 Å². The van der Waals surface area contributed by atoms with Gasteiger partial charge in [-0.3, -0.25) is 0 Å². The van der Waals surface area contributed by atoms with Crippen molar-refractivity contribution in [3.8, 4) is 5.75 Å². The lowest BCUT2D eigenvalue weighted by atomic mass is 10.1. The van der Waals surface area contributed by atoms with E-state index in [2.05, 4.69) is 46.4 Å². The van der Waals surface area contributed by atoms with Crippen molar-refractivity contribution in [1.29, 1.82) is 0 Å². The lowest BCUT2D eigenvalue weighted by molar-refractivity contribution is 0.417. The maximum absolute atomic E-state index is 5.41. The molecular weight excluding hydrogens is 324 g/mol. The zero-order valence-corrected chi connectivity index (χ0v) is 15.2. The molecule has 0 saturated carbocycles. The van der Waals surface area contributed by atoms with Crippen LogP contribution in [-0.2, 0) is 6.42 Å². The summed E-state index contributed by atoms with van der Waals surface area (Å²) in [5.41, 5.74) is 4.35. The summed E-state index contributed by atoms with van der Waals surface area (Å²) in [4.78, 5) is 11.6. The minimum Gasteiger partial charge on any atom is -0.495 e. The number of hydrogen-bond donors (Lipinski definition) is 1. The molecule has 1 aromatic heterocycles. The van der Waals surface area contributed by atoms with Gasteiger partial charge in [0.1, 0.15) is 11.6 Å². The summed E-state index contributed by atoms with van der Waals surface area (Å²) in [5, 5.41) is 3.29. The van der Waals surface area contributed by atoms with Crippen LogP contribution in [-0.4, -0.2) is 23.1 Å². The van der Waals surface area contributed by atoms with Crippen LogP contribution in [0.3, 0.4) is 0 Å². The third-order valence-electron chi connectivity index (χ3n) is 4.65. The van der Waals surface area contributed by atoms with Crippen molar-refractivity contribution in [2.24, 2.45) is 0 Å². The fraction of sp³-hybridized carbons (Fsp3) is 0.238. The van der Waals surface area contributed by atoms with E-state index in [1.54, 1.807) is 7.11 Å². The maximum Gasteiger partial charge on any atom is 0.229 e. The topological polar surface area (TPSA) is 50.3 Å². The van der Waals surface area contributed by atoms with Crippen LogP contribution in [0.15, 0.2) is 54.6 Å². The number of aryl methyl sites for hydroxylation is 1. The van der Waals surface area contributed by atoms with Gasteiger partial charge >= 0.3 is 0 Å². The minimum atomic E-state index is 0.362. The second kappa shape index (κ2) is 6.67. The van der Waals surface area contributed by atoms with E-state index in [1.165, 1.54) is 11.3 Å². The van der Waals surface area contributed by atoms with Gasteiger partial charge in [-0.15, -0.1) is 0 Å². The molecule has 0 radical (unpaired) electrons. The predicted molar refractivity (Wildman–Crippen MR) is 105 cm³/mol. The second-order valence-electron chi connectivity index (χ2n) is 6.57. The number of nitrogens with one attached hydrogen (secondary N) is 1. The molecular formula is C21H22N4O. The summed E-state index contributed by atoms with van der Waals surface area (Å²) in [5.74, 6) is 2.24. The molecule has 1 aliphatic heterocycles. The summed E-state index contributed by atoms with van der Waals surface area (Å²) in [7, 11) is 1.66. The van der Waals surface area contributed by atoms with Gasteiger partial charge in [0.25, 0.3) is 0 Å². The molecule has 1 unspecified atom stereocenters. The Morgan fingerprint density at radius 3 is 2.69 bits per heavy atom. The van der Waals surface area contributed by atoms with Crippen molar-refractivity contribution < 1.29 is 4.74 Å². The number of benzene rings is 2. The molecule has 1 atom stereocenters. The highest BCUT2D eigenvalue weighted by atomic mass is 16.5. The molecule has 0 aliphatic carbocycles. The summed E-state index contributed by atoms with van der Waals surface area (Å²) in [6.45, 7) is 4.22. The average molecular weight is 346 g/mol. The lowest BCUT2D eigenvalue weighted by Gasteiger charge is -2.24. The van der Waals surface area contributed by atoms with E-state index >= 15 is 0 Å². The molecule has 0 spiro atoms. The van der Waals surface area contributed by atoms with Crippen molar-refractivity contribution >= 4 is 23.1 Å². The Morgan fingerprint density at radius 1 is 1.08 bits per heavy atom. The van der Waals surface area contributed by atoms with E-state index in [4.69, 9.17) is 9.72 Å². The Hall–Kier alpha value is -3.08. The Morgan fingerprint density at radius 2 is 1.85 bits per heavy atom. The molecule has 2 aromatic carbocycles. The SMILES string of the molecule is COc1ccccc1Nc1nc(C)cc(N2c3ccccc3CC2C)n1. The van der Waals surface area contributed by atoms with Gasteiger partial charge < -0.3 is 15.0 Å². The molecule has 26 heavy (non-hydrogen) atoms. The van der Waals surface area contributed by atoms with Crippen LogP contribution in [0.5, 0.6) is 5.75 Å². The molecule has 1 aliphatic rings. The predicted octanol–water partition coefficient (Wildman–Crippen LogP) is 4.62. The first-order valence-corrected chi connectivity index (χ1v) is 8.78. The highest BCUT2D eigenvalue weighted by Gasteiger charge is 2.28. The zero-order chi connectivity index (χ0) is 18.1. The fourth-order valence-corrected chi connectivity index (χ4v) is 3.51. The molecule has 0 amide bonds. The number of anilines is 4. The van der Waals surface area contributed by atoms with Gasteiger partial charge in [-0.2, -0.15) is 4.98 Å². The monoisotopic (exact) mass is 346 g/mol. The van der Waals surface area contributed by atoms with Gasteiger partial charge in [0.15, 0.2) is 0 Å². The number of ether oxygens (including phenoxy) is 1.